The van der Waals surface area contributed by atoms with Crippen LogP contribution in [0.4, 0.5) is 5.82 Å². The number of aryl methyl sites for hydroxylation is 3. The van der Waals surface area contributed by atoms with Crippen molar-refractivity contribution in [3.63, 3.8) is 0 Å². The molecule has 8 heteroatoms. The molecule has 31 heavy (non-hydrogen) atoms. The Morgan fingerprint density at radius 3 is 2.71 bits per heavy atom. The lowest BCUT2D eigenvalue weighted by Gasteiger charge is -2.12. The first kappa shape index (κ1) is 17.8. The molecule has 0 spiro atoms. The van der Waals surface area contributed by atoms with Gasteiger partial charge in [0, 0.05) is 18.9 Å². The Morgan fingerprint density at radius 1 is 0.968 bits per heavy atom. The molecule has 1 aliphatic carbocycles. The zero-order valence-electron chi connectivity index (χ0n) is 17.0. The lowest BCUT2D eigenvalue weighted by Crippen LogP contribution is -2.03. The molecule has 4 heterocycles. The monoisotopic (exact) mass is 408 g/mol. The van der Waals surface area contributed by atoms with Crippen LogP contribution in [0.3, 0.4) is 0 Å². The van der Waals surface area contributed by atoms with Crippen LogP contribution in [0.25, 0.3) is 39.6 Å². The highest BCUT2D eigenvalue weighted by molar-refractivity contribution is 5.84. The van der Waals surface area contributed by atoms with Crippen molar-refractivity contribution in [1.82, 2.24) is 34.5 Å². The molecule has 5 aromatic rings. The van der Waals surface area contributed by atoms with Gasteiger partial charge in [0.2, 0.25) is 0 Å². The second-order valence-corrected chi connectivity index (χ2v) is 7.77. The summed E-state index contributed by atoms with van der Waals surface area (Å²) in [4.78, 5) is 15.6. The van der Waals surface area contributed by atoms with Crippen molar-refractivity contribution in [2.75, 3.05) is 5.73 Å². The number of nitrogens with zero attached hydrogens (tertiary/aromatic N) is 7. The molecule has 0 radical (unpaired) electrons. The third-order valence-electron chi connectivity index (χ3n) is 5.79. The average Bonchev–Trinajstić information content (AvgIpc) is 3.50. The van der Waals surface area contributed by atoms with Gasteiger partial charge in [-0.1, -0.05) is 6.07 Å². The first-order valence-electron chi connectivity index (χ1n) is 10.3. The maximum absolute atomic E-state index is 6.23. The Hall–Kier alpha value is -4.07. The van der Waals surface area contributed by atoms with Crippen LogP contribution in [-0.2, 0) is 19.9 Å². The molecule has 2 N–H and O–H groups in total. The van der Waals surface area contributed by atoms with Crippen LogP contribution in [0, 0.1) is 0 Å². The third kappa shape index (κ3) is 2.87. The Morgan fingerprint density at radius 2 is 1.87 bits per heavy atom. The zero-order valence-corrected chi connectivity index (χ0v) is 17.0. The minimum atomic E-state index is 0.439. The molecule has 4 aromatic heterocycles. The number of benzene rings is 1. The number of rotatable bonds is 3. The SMILES string of the molecule is Cn1ncc(-c2ccc3nc(-c4cccnc4N)n(-c4ccc5c(c4)CCC5)c3n2)n1. The summed E-state index contributed by atoms with van der Waals surface area (Å²) in [5, 5.41) is 8.58. The van der Waals surface area contributed by atoms with Gasteiger partial charge in [0.25, 0.3) is 0 Å². The molecule has 0 saturated carbocycles. The highest BCUT2D eigenvalue weighted by Crippen LogP contribution is 2.33. The number of hydrogen-bond acceptors (Lipinski definition) is 6. The van der Waals surface area contributed by atoms with Gasteiger partial charge in [-0.2, -0.15) is 15.0 Å². The minimum absolute atomic E-state index is 0.439. The standard InChI is InChI=1S/C23H20N8/c1-30-26-13-20(29-30)18-9-10-19-23(27-18)31(16-8-7-14-4-2-5-15(14)12-16)22(28-19)17-6-3-11-25-21(17)24/h3,6-13H,2,4-5H2,1H3,(H2,24,25). The number of imidazole rings is 1. The number of pyridine rings is 2. The van der Waals surface area contributed by atoms with Crippen molar-refractivity contribution < 1.29 is 0 Å². The van der Waals surface area contributed by atoms with Crippen LogP contribution in [0.5, 0.6) is 0 Å². The van der Waals surface area contributed by atoms with Gasteiger partial charge in [0.05, 0.1) is 17.5 Å². The lowest BCUT2D eigenvalue weighted by atomic mass is 10.1. The van der Waals surface area contributed by atoms with E-state index in [-0.39, 0.29) is 0 Å². The molecule has 152 valence electrons. The Bertz CT molecular complexity index is 1450. The van der Waals surface area contributed by atoms with E-state index in [1.165, 1.54) is 22.3 Å². The highest BCUT2D eigenvalue weighted by Gasteiger charge is 2.20. The molecule has 0 aliphatic heterocycles. The zero-order chi connectivity index (χ0) is 20.9. The van der Waals surface area contributed by atoms with E-state index < -0.39 is 0 Å². The highest BCUT2D eigenvalue weighted by atomic mass is 15.4. The van der Waals surface area contributed by atoms with Crippen LogP contribution in [0.1, 0.15) is 17.5 Å². The van der Waals surface area contributed by atoms with Crippen molar-refractivity contribution in [2.24, 2.45) is 7.05 Å². The lowest BCUT2D eigenvalue weighted by molar-refractivity contribution is 0.655. The first-order valence-corrected chi connectivity index (χ1v) is 10.3. The van der Waals surface area contributed by atoms with Gasteiger partial charge in [0.15, 0.2) is 11.5 Å². The quantitative estimate of drug-likeness (QED) is 0.491. The van der Waals surface area contributed by atoms with E-state index in [0.717, 1.165) is 46.8 Å². The summed E-state index contributed by atoms with van der Waals surface area (Å²) >= 11 is 0. The minimum Gasteiger partial charge on any atom is -0.383 e. The van der Waals surface area contributed by atoms with Gasteiger partial charge >= 0.3 is 0 Å². The second kappa shape index (κ2) is 6.73. The normalized spacial score (nSPS) is 13.1. The van der Waals surface area contributed by atoms with Crippen molar-refractivity contribution in [3.05, 3.63) is 66.0 Å². The summed E-state index contributed by atoms with van der Waals surface area (Å²) in [5.41, 5.74) is 13.8. The molecule has 8 nitrogen and oxygen atoms in total. The van der Waals surface area contributed by atoms with Gasteiger partial charge in [-0.25, -0.2) is 15.0 Å². The summed E-state index contributed by atoms with van der Waals surface area (Å²) in [6.07, 6.45) is 6.83. The molecule has 0 fully saturated rings. The number of aromatic nitrogens is 7. The summed E-state index contributed by atoms with van der Waals surface area (Å²) in [6, 6.07) is 14.3. The number of fused-ring (bicyclic) bond motifs is 2. The third-order valence-corrected chi connectivity index (χ3v) is 5.79. The van der Waals surface area contributed by atoms with Crippen LogP contribution in [-0.4, -0.2) is 34.5 Å². The maximum Gasteiger partial charge on any atom is 0.165 e. The molecule has 0 unspecified atom stereocenters. The summed E-state index contributed by atoms with van der Waals surface area (Å²) in [6.45, 7) is 0. The van der Waals surface area contributed by atoms with Crippen LogP contribution >= 0.6 is 0 Å². The average molecular weight is 408 g/mol. The Balaban J connectivity index is 1.64. The molecule has 0 amide bonds. The largest absolute Gasteiger partial charge is 0.383 e. The van der Waals surface area contributed by atoms with E-state index in [1.54, 1.807) is 19.4 Å². The number of hydrogen-bond donors (Lipinski definition) is 1. The van der Waals surface area contributed by atoms with Crippen molar-refractivity contribution in [1.29, 1.82) is 0 Å². The Kier molecular flexibility index (Phi) is 3.86. The molecule has 6 rings (SSSR count). The van der Waals surface area contributed by atoms with Crippen LogP contribution in [0.2, 0.25) is 0 Å². The van der Waals surface area contributed by atoms with Crippen LogP contribution < -0.4 is 5.73 Å². The van der Waals surface area contributed by atoms with Crippen molar-refractivity contribution in [3.8, 4) is 28.5 Å². The summed E-state index contributed by atoms with van der Waals surface area (Å²) < 4.78 is 2.07. The Labute approximate surface area is 178 Å². The topological polar surface area (TPSA) is 100 Å². The van der Waals surface area contributed by atoms with Gasteiger partial charge in [-0.15, -0.1) is 0 Å². The van der Waals surface area contributed by atoms with E-state index >= 15 is 0 Å². The van der Waals surface area contributed by atoms with Gasteiger partial charge in [-0.05, 0) is 66.8 Å². The smallest absolute Gasteiger partial charge is 0.165 e. The van der Waals surface area contributed by atoms with E-state index in [0.29, 0.717) is 11.5 Å². The second-order valence-electron chi connectivity index (χ2n) is 7.77. The fraction of sp³-hybridized carbons (Fsp3) is 0.174. The van der Waals surface area contributed by atoms with Crippen molar-refractivity contribution >= 4 is 17.0 Å². The fourth-order valence-corrected chi connectivity index (χ4v) is 4.29. The molecule has 0 bridgehead atoms. The maximum atomic E-state index is 6.23. The predicted molar refractivity (Wildman–Crippen MR) is 119 cm³/mol. The van der Waals surface area contributed by atoms with Crippen LogP contribution in [0.15, 0.2) is 54.9 Å². The molecular formula is C23H20N8. The predicted octanol–water partition coefficient (Wildman–Crippen LogP) is 3.35. The van der Waals surface area contributed by atoms with Crippen molar-refractivity contribution in [2.45, 2.75) is 19.3 Å². The van der Waals surface area contributed by atoms with E-state index in [1.807, 2.05) is 24.3 Å². The molecular weight excluding hydrogens is 388 g/mol. The first-order chi connectivity index (χ1) is 15.2. The fourth-order valence-electron chi connectivity index (χ4n) is 4.29. The number of nitrogen functional groups attached to an aromatic ring is 1. The van der Waals surface area contributed by atoms with Gasteiger partial charge in [-0.3, -0.25) is 4.57 Å². The van der Waals surface area contributed by atoms with E-state index in [9.17, 15) is 0 Å². The van der Waals surface area contributed by atoms with Gasteiger partial charge in [0.1, 0.15) is 17.0 Å². The van der Waals surface area contributed by atoms with E-state index in [4.69, 9.17) is 15.7 Å². The molecule has 0 saturated heterocycles. The van der Waals surface area contributed by atoms with Gasteiger partial charge < -0.3 is 5.73 Å². The number of anilines is 1. The van der Waals surface area contributed by atoms with E-state index in [2.05, 4.69) is 37.9 Å². The molecule has 0 atom stereocenters. The molecule has 1 aromatic carbocycles. The summed E-state index contributed by atoms with van der Waals surface area (Å²) in [7, 11) is 1.79. The molecule has 1 aliphatic rings. The number of nitrogens with two attached hydrogens (primary N) is 1. The summed E-state index contributed by atoms with van der Waals surface area (Å²) in [5.74, 6) is 1.16.